The largest absolute Gasteiger partial charge is 0.496 e. The van der Waals surface area contributed by atoms with Crippen LogP contribution in [0.25, 0.3) is 11.1 Å². The van der Waals surface area contributed by atoms with E-state index < -0.39 is 5.60 Å². The van der Waals surface area contributed by atoms with Gasteiger partial charge >= 0.3 is 6.09 Å². The third-order valence-electron chi connectivity index (χ3n) is 8.49. The zero-order valence-corrected chi connectivity index (χ0v) is 20.9. The van der Waals surface area contributed by atoms with Crippen LogP contribution in [-0.4, -0.2) is 41.9 Å². The lowest BCUT2D eigenvalue weighted by Crippen LogP contribution is -2.59. The molecule has 0 spiro atoms. The van der Waals surface area contributed by atoms with E-state index in [0.29, 0.717) is 19.4 Å². The molecule has 0 radical (unpaired) electrons. The van der Waals surface area contributed by atoms with E-state index >= 15 is 0 Å². The highest BCUT2D eigenvalue weighted by atomic mass is 16.6. The van der Waals surface area contributed by atoms with Gasteiger partial charge in [0.15, 0.2) is 0 Å². The molecular formula is C31H33NO4. The van der Waals surface area contributed by atoms with Gasteiger partial charge in [-0.25, -0.2) is 4.79 Å². The first-order chi connectivity index (χ1) is 17.5. The normalized spacial score (nSPS) is 24.7. The molecule has 3 aromatic carbocycles. The van der Waals surface area contributed by atoms with Crippen molar-refractivity contribution in [1.82, 2.24) is 4.90 Å². The predicted molar refractivity (Wildman–Crippen MR) is 139 cm³/mol. The van der Waals surface area contributed by atoms with Gasteiger partial charge in [-0.1, -0.05) is 54.6 Å². The van der Waals surface area contributed by atoms with Crippen LogP contribution in [0.5, 0.6) is 5.75 Å². The summed E-state index contributed by atoms with van der Waals surface area (Å²) in [5.41, 5.74) is 5.85. The number of hydrogen-bond acceptors (Lipinski definition) is 4. The molecule has 2 bridgehead atoms. The van der Waals surface area contributed by atoms with Gasteiger partial charge in [-0.2, -0.15) is 0 Å². The van der Waals surface area contributed by atoms with Crippen molar-refractivity contribution in [3.63, 3.8) is 0 Å². The van der Waals surface area contributed by atoms with Gasteiger partial charge in [0.1, 0.15) is 12.4 Å². The Bertz CT molecular complexity index is 1240. The van der Waals surface area contributed by atoms with Gasteiger partial charge in [0.2, 0.25) is 0 Å². The summed E-state index contributed by atoms with van der Waals surface area (Å²) < 4.78 is 11.4. The van der Waals surface area contributed by atoms with Crippen LogP contribution in [0.4, 0.5) is 4.79 Å². The van der Waals surface area contributed by atoms with Gasteiger partial charge in [0.25, 0.3) is 0 Å². The molecule has 2 unspecified atom stereocenters. The Labute approximate surface area is 212 Å². The maximum atomic E-state index is 13.5. The van der Waals surface area contributed by atoms with Crippen molar-refractivity contribution in [2.24, 2.45) is 0 Å². The first-order valence-electron chi connectivity index (χ1n) is 13.0. The molecule has 3 aliphatic rings. The summed E-state index contributed by atoms with van der Waals surface area (Å²) in [6.45, 7) is 2.32. The molecule has 2 aliphatic heterocycles. The molecule has 0 aromatic heterocycles. The Morgan fingerprint density at radius 2 is 1.58 bits per heavy atom. The number of nitrogens with zero attached hydrogens (tertiary/aromatic N) is 1. The number of amides is 1. The smallest absolute Gasteiger partial charge is 0.410 e. The fourth-order valence-electron chi connectivity index (χ4n) is 6.80. The predicted octanol–water partition coefficient (Wildman–Crippen LogP) is 6.16. The van der Waals surface area contributed by atoms with Gasteiger partial charge in [-0.05, 0) is 71.7 Å². The van der Waals surface area contributed by atoms with Gasteiger partial charge in [0.05, 0.1) is 12.7 Å². The van der Waals surface area contributed by atoms with Gasteiger partial charge < -0.3 is 19.5 Å². The number of fused-ring (bicyclic) bond motifs is 5. The topological polar surface area (TPSA) is 59.0 Å². The SMILES string of the molecule is COc1ccc(C2(O)CC3CCCC(C2)N3C(=O)OCC2c3ccccc3-c3ccccc32)cc1C. The minimum Gasteiger partial charge on any atom is -0.496 e. The molecule has 1 N–H and O–H groups in total. The molecule has 6 rings (SSSR count). The molecule has 2 atom stereocenters. The Kier molecular flexibility index (Phi) is 5.76. The third-order valence-corrected chi connectivity index (χ3v) is 8.49. The number of ether oxygens (including phenoxy) is 2. The summed E-state index contributed by atoms with van der Waals surface area (Å²) in [6, 6.07) is 22.7. The second-order valence-corrected chi connectivity index (χ2v) is 10.6. The van der Waals surface area contributed by atoms with E-state index in [1.54, 1.807) is 7.11 Å². The lowest BCUT2D eigenvalue weighted by atomic mass is 9.72. The van der Waals surface area contributed by atoms with Crippen LogP contribution in [-0.2, 0) is 10.3 Å². The van der Waals surface area contributed by atoms with Crippen molar-refractivity contribution in [3.8, 4) is 16.9 Å². The lowest BCUT2D eigenvalue weighted by molar-refractivity contribution is -0.0891. The van der Waals surface area contributed by atoms with E-state index in [1.807, 2.05) is 30.0 Å². The number of methoxy groups -OCH3 is 1. The number of carbonyl (C=O) groups is 1. The highest BCUT2D eigenvalue weighted by Crippen LogP contribution is 2.47. The summed E-state index contributed by atoms with van der Waals surface area (Å²) in [5.74, 6) is 0.865. The minimum absolute atomic E-state index is 0.0273. The van der Waals surface area contributed by atoms with Crippen molar-refractivity contribution in [2.75, 3.05) is 13.7 Å². The molecule has 0 saturated carbocycles. The highest BCUT2D eigenvalue weighted by molar-refractivity contribution is 5.79. The molecule has 1 amide bonds. The minimum atomic E-state index is -0.951. The van der Waals surface area contributed by atoms with Crippen molar-refractivity contribution >= 4 is 6.09 Å². The molecule has 5 nitrogen and oxygen atoms in total. The number of rotatable bonds is 4. The molecular weight excluding hydrogens is 450 g/mol. The van der Waals surface area contributed by atoms with Crippen LogP contribution in [0.1, 0.15) is 60.3 Å². The maximum Gasteiger partial charge on any atom is 0.410 e. The molecule has 186 valence electrons. The van der Waals surface area contributed by atoms with Crippen LogP contribution in [0.3, 0.4) is 0 Å². The zero-order valence-electron chi connectivity index (χ0n) is 20.9. The average molecular weight is 484 g/mol. The average Bonchev–Trinajstić information content (AvgIpc) is 3.20. The van der Waals surface area contributed by atoms with Crippen molar-refractivity contribution < 1.29 is 19.4 Å². The fourth-order valence-corrected chi connectivity index (χ4v) is 6.80. The Balaban J connectivity index is 1.20. The number of aryl methyl sites for hydroxylation is 1. The van der Waals surface area contributed by atoms with Crippen LogP contribution in [0.15, 0.2) is 66.7 Å². The zero-order chi connectivity index (χ0) is 24.9. The van der Waals surface area contributed by atoms with Crippen molar-refractivity contribution in [3.05, 3.63) is 89.0 Å². The molecule has 1 aliphatic carbocycles. The van der Waals surface area contributed by atoms with Crippen LogP contribution in [0, 0.1) is 6.92 Å². The Morgan fingerprint density at radius 1 is 0.972 bits per heavy atom. The molecule has 2 fully saturated rings. The first-order valence-corrected chi connectivity index (χ1v) is 13.0. The van der Waals surface area contributed by atoms with E-state index in [-0.39, 0.29) is 24.1 Å². The molecule has 5 heteroatoms. The summed E-state index contributed by atoms with van der Waals surface area (Å²) >= 11 is 0. The van der Waals surface area contributed by atoms with E-state index in [4.69, 9.17) is 9.47 Å². The van der Waals surface area contributed by atoms with Gasteiger partial charge in [-0.15, -0.1) is 0 Å². The maximum absolute atomic E-state index is 13.5. The summed E-state index contributed by atoms with van der Waals surface area (Å²) in [4.78, 5) is 15.4. The summed E-state index contributed by atoms with van der Waals surface area (Å²) in [7, 11) is 1.66. The number of piperidine rings is 2. The molecule has 3 aromatic rings. The van der Waals surface area contributed by atoms with E-state index in [1.165, 1.54) is 22.3 Å². The van der Waals surface area contributed by atoms with Gasteiger partial charge in [0, 0.05) is 30.8 Å². The monoisotopic (exact) mass is 483 g/mol. The van der Waals surface area contributed by atoms with Crippen molar-refractivity contribution in [1.29, 1.82) is 0 Å². The van der Waals surface area contributed by atoms with Gasteiger partial charge in [-0.3, -0.25) is 0 Å². The standard InChI is InChI=1S/C31H33NO4/c1-20-16-21(14-15-29(20)35-2)31(34)17-22-8-7-9-23(18-31)32(22)30(33)36-19-28-26-12-5-3-10-24(26)25-11-4-6-13-27(25)28/h3-6,10-16,22-23,28,34H,7-9,17-19H2,1-2H3. The Morgan fingerprint density at radius 3 is 2.17 bits per heavy atom. The van der Waals surface area contributed by atoms with Crippen LogP contribution < -0.4 is 4.74 Å². The van der Waals surface area contributed by atoms with Crippen LogP contribution >= 0.6 is 0 Å². The quantitative estimate of drug-likeness (QED) is 0.483. The van der Waals surface area contributed by atoms with E-state index in [2.05, 4.69) is 48.5 Å². The summed E-state index contributed by atoms with van der Waals surface area (Å²) in [5, 5.41) is 11.7. The Hall–Kier alpha value is -3.31. The van der Waals surface area contributed by atoms with Crippen molar-refractivity contribution in [2.45, 2.75) is 62.6 Å². The first kappa shape index (κ1) is 23.1. The molecule has 2 heterocycles. The molecule has 2 saturated heterocycles. The lowest BCUT2D eigenvalue weighted by Gasteiger charge is -2.51. The third kappa shape index (κ3) is 3.77. The van der Waals surface area contributed by atoms with Crippen LogP contribution in [0.2, 0.25) is 0 Å². The number of carbonyl (C=O) groups excluding carboxylic acids is 1. The van der Waals surface area contributed by atoms with E-state index in [0.717, 1.165) is 36.1 Å². The summed E-state index contributed by atoms with van der Waals surface area (Å²) in [6.07, 6.45) is 3.65. The second kappa shape index (κ2) is 8.97. The number of aliphatic hydroxyl groups is 1. The highest BCUT2D eigenvalue weighted by Gasteiger charge is 2.49. The molecule has 36 heavy (non-hydrogen) atoms. The second-order valence-electron chi connectivity index (χ2n) is 10.6. The fraction of sp³-hybridized carbons (Fsp3) is 0.387. The van der Waals surface area contributed by atoms with E-state index in [9.17, 15) is 9.90 Å². The number of hydrogen-bond donors (Lipinski definition) is 1. The number of benzene rings is 3.